The Hall–Kier alpha value is -1.80. The van der Waals surface area contributed by atoms with Gasteiger partial charge in [0.25, 0.3) is 0 Å². The standard InChI is InChI=1S/C17H9Cl2F6N2/c18-11-3-10(4-12(19)6-11)15(17(23,24)25)7-14(27-8-15)13-5-9(1-2-26-13)16(20,21)22/h2-6H,7-8H2. The van der Waals surface area contributed by atoms with Crippen LogP contribution in [0.2, 0.25) is 10.0 Å². The maximum absolute atomic E-state index is 14.0. The normalized spacial score (nSPS) is 20.7. The monoisotopic (exact) mass is 425 g/mol. The second kappa shape index (κ2) is 6.67. The number of alkyl halides is 6. The highest BCUT2D eigenvalue weighted by Crippen LogP contribution is 2.48. The predicted molar refractivity (Wildman–Crippen MR) is 88.3 cm³/mol. The molecule has 0 spiro atoms. The number of pyridine rings is 1. The average molecular weight is 426 g/mol. The van der Waals surface area contributed by atoms with Gasteiger partial charge in [-0.05, 0) is 29.8 Å². The fourth-order valence-electron chi connectivity index (χ4n) is 2.89. The van der Waals surface area contributed by atoms with Gasteiger partial charge in [0, 0.05) is 28.7 Å². The lowest BCUT2D eigenvalue weighted by molar-refractivity contribution is -0.183. The highest BCUT2D eigenvalue weighted by atomic mass is 35.5. The van der Waals surface area contributed by atoms with Crippen LogP contribution in [0, 0.1) is 6.07 Å². The Balaban J connectivity index is 2.03. The van der Waals surface area contributed by atoms with Gasteiger partial charge in [-0.15, -0.1) is 0 Å². The number of nitrogens with zero attached hydrogens (tertiary/aromatic N) is 2. The molecule has 0 aliphatic carbocycles. The predicted octanol–water partition coefficient (Wildman–Crippen LogP) is 5.90. The number of benzene rings is 1. The molecule has 1 aromatic carbocycles. The molecular weight excluding hydrogens is 417 g/mol. The zero-order valence-electron chi connectivity index (χ0n) is 13.2. The molecule has 1 radical (unpaired) electrons. The smallest absolute Gasteiger partial charge is 0.286 e. The van der Waals surface area contributed by atoms with E-state index in [9.17, 15) is 26.3 Å². The Labute approximate surface area is 159 Å². The van der Waals surface area contributed by atoms with E-state index in [1.54, 1.807) is 0 Å². The van der Waals surface area contributed by atoms with Gasteiger partial charge in [-0.3, -0.25) is 9.98 Å². The molecular formula is C17H9Cl2F6N2. The van der Waals surface area contributed by atoms with Gasteiger partial charge >= 0.3 is 12.4 Å². The van der Waals surface area contributed by atoms with Crippen LogP contribution in [-0.2, 0) is 11.6 Å². The first-order valence-corrected chi connectivity index (χ1v) is 8.20. The highest BCUT2D eigenvalue weighted by molar-refractivity contribution is 6.34. The lowest BCUT2D eigenvalue weighted by Gasteiger charge is -2.31. The summed E-state index contributed by atoms with van der Waals surface area (Å²) in [6, 6.07) is 6.11. The quantitative estimate of drug-likeness (QED) is 0.549. The van der Waals surface area contributed by atoms with E-state index in [4.69, 9.17) is 23.2 Å². The van der Waals surface area contributed by atoms with E-state index in [0.717, 1.165) is 18.3 Å². The van der Waals surface area contributed by atoms with Crippen LogP contribution in [-0.4, -0.2) is 23.4 Å². The number of aromatic nitrogens is 1. The van der Waals surface area contributed by atoms with E-state index in [-0.39, 0.29) is 27.0 Å². The van der Waals surface area contributed by atoms with Gasteiger partial charge in [0.05, 0.1) is 23.5 Å². The summed E-state index contributed by atoms with van der Waals surface area (Å²) in [5.74, 6) is 0. The molecule has 0 amide bonds. The maximum Gasteiger partial charge on any atom is 0.417 e. The van der Waals surface area contributed by atoms with Gasteiger partial charge in [-0.1, -0.05) is 23.2 Å². The van der Waals surface area contributed by atoms with Crippen molar-refractivity contribution in [1.29, 1.82) is 0 Å². The van der Waals surface area contributed by atoms with Crippen LogP contribution in [0.4, 0.5) is 26.3 Å². The SMILES string of the molecule is FC(F)(F)c1[c]cnc(C2=NCC(c3cc(Cl)cc(Cl)c3)(C(F)(F)F)C2)c1. The second-order valence-corrected chi connectivity index (χ2v) is 6.89. The van der Waals surface area contributed by atoms with Crippen molar-refractivity contribution in [3.8, 4) is 0 Å². The van der Waals surface area contributed by atoms with Crippen LogP contribution in [0.25, 0.3) is 0 Å². The third kappa shape index (κ3) is 3.78. The number of hydrogen-bond acceptors (Lipinski definition) is 2. The molecule has 0 saturated heterocycles. The fourth-order valence-corrected chi connectivity index (χ4v) is 3.41. The summed E-state index contributed by atoms with van der Waals surface area (Å²) in [4.78, 5) is 7.56. The maximum atomic E-state index is 14.0. The van der Waals surface area contributed by atoms with Gasteiger partial charge in [-0.25, -0.2) is 0 Å². The lowest BCUT2D eigenvalue weighted by Crippen LogP contribution is -2.43. The van der Waals surface area contributed by atoms with Gasteiger partial charge in [0.2, 0.25) is 0 Å². The van der Waals surface area contributed by atoms with E-state index in [0.29, 0.717) is 6.07 Å². The number of halogens is 8. The zero-order chi connectivity index (χ0) is 20.0. The first-order chi connectivity index (χ1) is 12.4. The van der Waals surface area contributed by atoms with Crippen molar-refractivity contribution < 1.29 is 26.3 Å². The number of aliphatic imine (C=N–C) groups is 1. The van der Waals surface area contributed by atoms with Crippen molar-refractivity contribution in [2.45, 2.75) is 24.2 Å². The van der Waals surface area contributed by atoms with Crippen molar-refractivity contribution in [3.05, 3.63) is 63.4 Å². The molecule has 10 heteroatoms. The Morgan fingerprint density at radius 3 is 2.15 bits per heavy atom. The van der Waals surface area contributed by atoms with Crippen LogP contribution < -0.4 is 0 Å². The van der Waals surface area contributed by atoms with Gasteiger partial charge in [0.15, 0.2) is 0 Å². The van der Waals surface area contributed by atoms with Crippen molar-refractivity contribution in [1.82, 2.24) is 4.98 Å². The van der Waals surface area contributed by atoms with E-state index in [1.165, 1.54) is 6.07 Å². The van der Waals surface area contributed by atoms with Crippen LogP contribution in [0.15, 0.2) is 35.5 Å². The Morgan fingerprint density at radius 1 is 0.963 bits per heavy atom. The third-order valence-corrected chi connectivity index (χ3v) is 4.71. The fraction of sp³-hybridized carbons (Fsp3) is 0.294. The molecule has 1 atom stereocenters. The summed E-state index contributed by atoms with van der Waals surface area (Å²) in [6.07, 6.45) is -9.34. The van der Waals surface area contributed by atoms with E-state index >= 15 is 0 Å². The molecule has 1 aromatic heterocycles. The Morgan fingerprint density at radius 2 is 1.59 bits per heavy atom. The van der Waals surface area contributed by atoms with Crippen LogP contribution in [0.1, 0.15) is 23.2 Å². The minimum atomic E-state index is -4.74. The van der Waals surface area contributed by atoms with Crippen molar-refractivity contribution >= 4 is 28.9 Å². The van der Waals surface area contributed by atoms with Crippen molar-refractivity contribution in [2.75, 3.05) is 6.54 Å². The first kappa shape index (κ1) is 19.9. The molecule has 0 saturated carbocycles. The van der Waals surface area contributed by atoms with E-state index in [2.05, 4.69) is 9.98 Å². The van der Waals surface area contributed by atoms with Crippen molar-refractivity contribution in [3.63, 3.8) is 0 Å². The summed E-state index contributed by atoms with van der Waals surface area (Å²) in [5, 5.41) is 0.0303. The minimum absolute atomic E-state index is 0.0152. The lowest BCUT2D eigenvalue weighted by atomic mass is 9.77. The molecule has 27 heavy (non-hydrogen) atoms. The Kier molecular flexibility index (Phi) is 4.93. The molecule has 2 nitrogen and oxygen atoms in total. The van der Waals surface area contributed by atoms with Gasteiger partial charge < -0.3 is 0 Å². The molecule has 143 valence electrons. The molecule has 1 unspecified atom stereocenters. The molecule has 1 aliphatic rings. The second-order valence-electron chi connectivity index (χ2n) is 6.02. The summed E-state index contributed by atoms with van der Waals surface area (Å²) < 4.78 is 80.4. The first-order valence-electron chi connectivity index (χ1n) is 7.44. The third-order valence-electron chi connectivity index (χ3n) is 4.27. The average Bonchev–Trinajstić information content (AvgIpc) is 3.00. The molecule has 1 aliphatic heterocycles. The van der Waals surface area contributed by atoms with Crippen LogP contribution >= 0.6 is 23.2 Å². The van der Waals surface area contributed by atoms with Gasteiger partial charge in [0.1, 0.15) is 5.41 Å². The highest BCUT2D eigenvalue weighted by Gasteiger charge is 2.58. The van der Waals surface area contributed by atoms with Crippen LogP contribution in [0.3, 0.4) is 0 Å². The topological polar surface area (TPSA) is 25.2 Å². The molecule has 0 bridgehead atoms. The van der Waals surface area contributed by atoms with E-state index in [1.807, 2.05) is 6.07 Å². The molecule has 2 aromatic rings. The number of rotatable bonds is 2. The van der Waals surface area contributed by atoms with Crippen LogP contribution in [0.5, 0.6) is 0 Å². The molecule has 0 fully saturated rings. The summed E-state index contributed by atoms with van der Waals surface area (Å²) in [7, 11) is 0. The number of hydrogen-bond donors (Lipinski definition) is 0. The molecule has 3 rings (SSSR count). The summed E-state index contributed by atoms with van der Waals surface area (Å²) >= 11 is 11.7. The molecule has 2 heterocycles. The van der Waals surface area contributed by atoms with Gasteiger partial charge in [-0.2, -0.15) is 26.3 Å². The van der Waals surface area contributed by atoms with Crippen molar-refractivity contribution in [2.24, 2.45) is 4.99 Å². The summed E-state index contributed by atoms with van der Waals surface area (Å²) in [5.41, 5.74) is -4.24. The zero-order valence-corrected chi connectivity index (χ0v) is 14.7. The largest absolute Gasteiger partial charge is 0.417 e. The van der Waals surface area contributed by atoms with E-state index < -0.39 is 36.3 Å². The molecule has 0 N–H and O–H groups in total. The summed E-state index contributed by atoms with van der Waals surface area (Å²) in [6.45, 7) is -0.704. The Bertz CT molecular complexity index is 887. The minimum Gasteiger partial charge on any atom is -0.286 e.